The van der Waals surface area contributed by atoms with Gasteiger partial charge >= 0.3 is 5.63 Å². The summed E-state index contributed by atoms with van der Waals surface area (Å²) in [6.45, 7) is 3.63. The first-order chi connectivity index (χ1) is 11.1. The van der Waals surface area contributed by atoms with Crippen molar-refractivity contribution in [3.05, 3.63) is 62.1 Å². The van der Waals surface area contributed by atoms with Gasteiger partial charge in [0.15, 0.2) is 0 Å². The van der Waals surface area contributed by atoms with Gasteiger partial charge in [-0.3, -0.25) is 0 Å². The highest BCUT2D eigenvalue weighted by molar-refractivity contribution is 7.07. The molecule has 0 saturated heterocycles. The maximum atomic E-state index is 11.8. The van der Waals surface area contributed by atoms with Crippen molar-refractivity contribution < 1.29 is 14.4 Å². The predicted molar refractivity (Wildman–Crippen MR) is 92.1 cm³/mol. The number of phenolic OH excluding ortho intramolecular Hbond substituents is 1. The van der Waals surface area contributed by atoms with Crippen molar-refractivity contribution >= 4 is 22.3 Å². The summed E-state index contributed by atoms with van der Waals surface area (Å²) in [6, 6.07) is 7.17. The van der Waals surface area contributed by atoms with E-state index in [1.165, 1.54) is 10.5 Å². The molecular weight excluding hydrogens is 310 g/mol. The standard InChI is InChI=1S/C18H19NO3S/c1-3-13-6-15-14(7-18(21)22-17(15)8-16(13)20)10-19(2)9-12-4-5-23-11-12/h4-8,11,20H,3,9-10H2,1-2H3/p+1. The van der Waals surface area contributed by atoms with Crippen molar-refractivity contribution in [2.45, 2.75) is 26.4 Å². The Hall–Kier alpha value is -2.11. The van der Waals surface area contributed by atoms with Crippen LogP contribution in [0.1, 0.15) is 23.6 Å². The SMILES string of the molecule is CCc1cc2c(C[NH+](C)Cc3ccsc3)cc(=O)oc2cc1O. The van der Waals surface area contributed by atoms with Gasteiger partial charge < -0.3 is 14.4 Å². The summed E-state index contributed by atoms with van der Waals surface area (Å²) in [4.78, 5) is 13.1. The Morgan fingerprint density at radius 3 is 2.74 bits per heavy atom. The van der Waals surface area contributed by atoms with E-state index in [0.717, 1.165) is 36.0 Å². The molecule has 0 amide bonds. The zero-order chi connectivity index (χ0) is 16.4. The van der Waals surface area contributed by atoms with Crippen LogP contribution in [0.15, 0.2) is 44.2 Å². The molecule has 0 aliphatic rings. The summed E-state index contributed by atoms with van der Waals surface area (Å²) in [6.07, 6.45) is 0.734. The molecule has 0 spiro atoms. The van der Waals surface area contributed by atoms with E-state index in [1.807, 2.05) is 13.0 Å². The average molecular weight is 330 g/mol. The number of thiophene rings is 1. The number of quaternary nitrogens is 1. The summed E-state index contributed by atoms with van der Waals surface area (Å²) in [7, 11) is 2.11. The lowest BCUT2D eigenvalue weighted by atomic mass is 10.0. The van der Waals surface area contributed by atoms with Crippen LogP contribution >= 0.6 is 11.3 Å². The molecule has 1 aromatic carbocycles. The van der Waals surface area contributed by atoms with Gasteiger partial charge in [0.2, 0.25) is 0 Å². The van der Waals surface area contributed by atoms with Gasteiger partial charge in [0.1, 0.15) is 24.4 Å². The molecule has 1 unspecified atom stereocenters. The molecule has 0 fully saturated rings. The summed E-state index contributed by atoms with van der Waals surface area (Å²) in [5.41, 5.74) is 3.19. The number of nitrogens with one attached hydrogen (secondary N) is 1. The van der Waals surface area contributed by atoms with E-state index >= 15 is 0 Å². The second-order valence-electron chi connectivity index (χ2n) is 5.86. The van der Waals surface area contributed by atoms with E-state index < -0.39 is 0 Å². The molecule has 2 aromatic heterocycles. The third-order valence-electron chi connectivity index (χ3n) is 3.99. The molecule has 1 atom stereocenters. The van der Waals surface area contributed by atoms with Gasteiger partial charge in [0.25, 0.3) is 0 Å². The van der Waals surface area contributed by atoms with E-state index in [1.54, 1.807) is 23.5 Å². The molecule has 5 heteroatoms. The number of hydrogen-bond donors (Lipinski definition) is 2. The first kappa shape index (κ1) is 15.8. The number of hydrogen-bond acceptors (Lipinski definition) is 4. The number of aromatic hydroxyl groups is 1. The van der Waals surface area contributed by atoms with Crippen LogP contribution in [0, 0.1) is 0 Å². The molecule has 3 rings (SSSR count). The van der Waals surface area contributed by atoms with E-state index in [2.05, 4.69) is 23.9 Å². The monoisotopic (exact) mass is 330 g/mol. The third-order valence-corrected chi connectivity index (χ3v) is 4.72. The van der Waals surface area contributed by atoms with Crippen molar-refractivity contribution in [2.75, 3.05) is 7.05 Å². The van der Waals surface area contributed by atoms with Gasteiger partial charge in [0, 0.05) is 28.6 Å². The smallest absolute Gasteiger partial charge is 0.336 e. The summed E-state index contributed by atoms with van der Waals surface area (Å²) < 4.78 is 5.25. The summed E-state index contributed by atoms with van der Waals surface area (Å²) in [5.74, 6) is 0.180. The molecule has 0 saturated carbocycles. The minimum absolute atomic E-state index is 0.180. The number of phenols is 1. The Balaban J connectivity index is 1.97. The molecule has 4 nitrogen and oxygen atoms in total. The van der Waals surface area contributed by atoms with E-state index in [-0.39, 0.29) is 11.4 Å². The van der Waals surface area contributed by atoms with Gasteiger partial charge in [-0.25, -0.2) is 4.79 Å². The second kappa shape index (κ2) is 6.56. The fourth-order valence-electron chi connectivity index (χ4n) is 2.87. The molecule has 0 aliphatic heterocycles. The second-order valence-corrected chi connectivity index (χ2v) is 6.64. The highest BCUT2D eigenvalue weighted by Crippen LogP contribution is 2.26. The van der Waals surface area contributed by atoms with Crippen LogP contribution in [0.3, 0.4) is 0 Å². The Labute approximate surface area is 138 Å². The Morgan fingerprint density at radius 1 is 1.22 bits per heavy atom. The van der Waals surface area contributed by atoms with E-state index in [0.29, 0.717) is 5.58 Å². The van der Waals surface area contributed by atoms with Gasteiger partial charge in [-0.05, 0) is 34.9 Å². The zero-order valence-corrected chi connectivity index (χ0v) is 14.1. The molecule has 120 valence electrons. The lowest BCUT2D eigenvalue weighted by molar-refractivity contribution is -0.907. The lowest BCUT2D eigenvalue weighted by Crippen LogP contribution is -3.06. The minimum Gasteiger partial charge on any atom is -0.508 e. The van der Waals surface area contributed by atoms with Crippen LogP contribution in [0.2, 0.25) is 0 Å². The third kappa shape index (κ3) is 3.46. The number of aryl methyl sites for hydroxylation is 1. The maximum Gasteiger partial charge on any atom is 0.336 e. The Bertz CT molecular complexity index is 868. The zero-order valence-electron chi connectivity index (χ0n) is 13.3. The summed E-state index contributed by atoms with van der Waals surface area (Å²) in [5, 5.41) is 15.1. The number of benzene rings is 1. The van der Waals surface area contributed by atoms with Crippen molar-refractivity contribution in [1.29, 1.82) is 0 Å². The van der Waals surface area contributed by atoms with Crippen LogP contribution in [0.25, 0.3) is 11.0 Å². The van der Waals surface area contributed by atoms with Crippen LogP contribution in [0.5, 0.6) is 5.75 Å². The van der Waals surface area contributed by atoms with Crippen LogP contribution in [0.4, 0.5) is 0 Å². The quantitative estimate of drug-likeness (QED) is 0.706. The van der Waals surface area contributed by atoms with Crippen molar-refractivity contribution in [3.8, 4) is 5.75 Å². The van der Waals surface area contributed by atoms with Crippen LogP contribution in [-0.4, -0.2) is 12.2 Å². The van der Waals surface area contributed by atoms with Gasteiger partial charge in [-0.2, -0.15) is 11.3 Å². The average Bonchev–Trinajstić information content (AvgIpc) is 2.99. The predicted octanol–water partition coefficient (Wildman–Crippen LogP) is 2.34. The molecule has 3 aromatic rings. The normalized spacial score (nSPS) is 12.6. The molecule has 0 aliphatic carbocycles. The highest BCUT2D eigenvalue weighted by Gasteiger charge is 2.13. The van der Waals surface area contributed by atoms with Gasteiger partial charge in [-0.1, -0.05) is 6.92 Å². The van der Waals surface area contributed by atoms with Crippen molar-refractivity contribution in [3.63, 3.8) is 0 Å². The molecular formula is C18H20NO3S+. The van der Waals surface area contributed by atoms with E-state index in [4.69, 9.17) is 4.42 Å². The molecule has 0 bridgehead atoms. The lowest BCUT2D eigenvalue weighted by Gasteiger charge is -2.15. The first-order valence-electron chi connectivity index (χ1n) is 7.67. The van der Waals surface area contributed by atoms with Crippen LogP contribution < -0.4 is 10.5 Å². The van der Waals surface area contributed by atoms with Gasteiger partial charge in [0.05, 0.1) is 7.05 Å². The largest absolute Gasteiger partial charge is 0.508 e. The molecule has 2 N–H and O–H groups in total. The van der Waals surface area contributed by atoms with Crippen molar-refractivity contribution in [1.82, 2.24) is 0 Å². The maximum absolute atomic E-state index is 11.8. The number of fused-ring (bicyclic) bond motifs is 1. The van der Waals surface area contributed by atoms with E-state index in [9.17, 15) is 9.90 Å². The Morgan fingerprint density at radius 2 is 2.04 bits per heavy atom. The summed E-state index contributed by atoms with van der Waals surface area (Å²) >= 11 is 1.69. The fraction of sp³-hybridized carbons (Fsp3) is 0.278. The topological polar surface area (TPSA) is 54.9 Å². The number of rotatable bonds is 5. The first-order valence-corrected chi connectivity index (χ1v) is 8.62. The van der Waals surface area contributed by atoms with Gasteiger partial charge in [-0.15, -0.1) is 0 Å². The highest BCUT2D eigenvalue weighted by atomic mass is 32.1. The molecule has 0 radical (unpaired) electrons. The minimum atomic E-state index is -0.375. The fourth-order valence-corrected chi connectivity index (χ4v) is 3.53. The molecule has 2 heterocycles. The van der Waals surface area contributed by atoms with Crippen molar-refractivity contribution in [2.24, 2.45) is 0 Å². The Kier molecular flexibility index (Phi) is 4.50. The van der Waals surface area contributed by atoms with Crippen LogP contribution in [-0.2, 0) is 19.5 Å². The molecule has 23 heavy (non-hydrogen) atoms.